The van der Waals surface area contributed by atoms with Crippen molar-refractivity contribution >= 4 is 17.5 Å². The SMILES string of the molecule is CC(C)C1CCN(C(=O)c2cnc(Cl)cn2)C1. The summed E-state index contributed by atoms with van der Waals surface area (Å²) in [7, 11) is 0. The molecule has 1 aliphatic rings. The third-order valence-electron chi connectivity index (χ3n) is 3.29. The fraction of sp³-hybridized carbons (Fsp3) is 0.583. The molecule has 1 saturated heterocycles. The first-order valence-corrected chi connectivity index (χ1v) is 6.22. The monoisotopic (exact) mass is 253 g/mol. The van der Waals surface area contributed by atoms with Gasteiger partial charge in [0.05, 0.1) is 12.4 Å². The van der Waals surface area contributed by atoms with Gasteiger partial charge in [-0.2, -0.15) is 0 Å². The molecular weight excluding hydrogens is 238 g/mol. The van der Waals surface area contributed by atoms with Crippen LogP contribution in [0.25, 0.3) is 0 Å². The van der Waals surface area contributed by atoms with Crippen molar-refractivity contribution in [3.05, 3.63) is 23.2 Å². The quantitative estimate of drug-likeness (QED) is 0.812. The topological polar surface area (TPSA) is 46.1 Å². The molecule has 1 aliphatic heterocycles. The predicted molar refractivity (Wildman–Crippen MR) is 65.9 cm³/mol. The molecule has 0 aliphatic carbocycles. The van der Waals surface area contributed by atoms with Crippen LogP contribution in [0.3, 0.4) is 0 Å². The summed E-state index contributed by atoms with van der Waals surface area (Å²) >= 11 is 5.64. The molecule has 5 heteroatoms. The second-order valence-electron chi connectivity index (χ2n) is 4.77. The number of carbonyl (C=O) groups excluding carboxylic acids is 1. The van der Waals surface area contributed by atoms with Gasteiger partial charge in [-0.15, -0.1) is 0 Å². The molecule has 1 atom stereocenters. The lowest BCUT2D eigenvalue weighted by molar-refractivity contribution is 0.0778. The molecule has 0 aromatic carbocycles. The Balaban J connectivity index is 2.04. The van der Waals surface area contributed by atoms with Gasteiger partial charge < -0.3 is 4.90 Å². The Morgan fingerprint density at radius 2 is 2.24 bits per heavy atom. The lowest BCUT2D eigenvalue weighted by atomic mass is 9.95. The van der Waals surface area contributed by atoms with Gasteiger partial charge in [0.2, 0.25) is 0 Å². The highest BCUT2D eigenvalue weighted by Crippen LogP contribution is 2.24. The molecule has 1 fully saturated rings. The summed E-state index contributed by atoms with van der Waals surface area (Å²) in [6, 6.07) is 0. The number of aromatic nitrogens is 2. The molecule has 0 spiro atoms. The fourth-order valence-electron chi connectivity index (χ4n) is 2.10. The summed E-state index contributed by atoms with van der Waals surface area (Å²) < 4.78 is 0. The molecule has 1 aromatic rings. The van der Waals surface area contributed by atoms with Gasteiger partial charge in [-0.25, -0.2) is 9.97 Å². The second-order valence-corrected chi connectivity index (χ2v) is 5.16. The molecule has 17 heavy (non-hydrogen) atoms. The molecule has 0 saturated carbocycles. The van der Waals surface area contributed by atoms with Crippen LogP contribution in [-0.4, -0.2) is 33.9 Å². The third-order valence-corrected chi connectivity index (χ3v) is 3.49. The molecule has 2 rings (SSSR count). The molecule has 0 radical (unpaired) electrons. The predicted octanol–water partition coefficient (Wildman–Crippen LogP) is 2.25. The highest BCUT2D eigenvalue weighted by molar-refractivity contribution is 6.29. The smallest absolute Gasteiger partial charge is 0.274 e. The first kappa shape index (κ1) is 12.3. The van der Waals surface area contributed by atoms with E-state index in [0.717, 1.165) is 19.5 Å². The van der Waals surface area contributed by atoms with Gasteiger partial charge in [0.15, 0.2) is 0 Å². The van der Waals surface area contributed by atoms with E-state index in [2.05, 4.69) is 23.8 Å². The van der Waals surface area contributed by atoms with Crippen molar-refractivity contribution in [2.24, 2.45) is 11.8 Å². The lowest BCUT2D eigenvalue weighted by Crippen LogP contribution is -2.30. The normalized spacial score (nSPS) is 20.0. The van der Waals surface area contributed by atoms with Crippen LogP contribution in [0.2, 0.25) is 5.15 Å². The molecule has 4 nitrogen and oxygen atoms in total. The van der Waals surface area contributed by atoms with Crippen LogP contribution < -0.4 is 0 Å². The number of likely N-dealkylation sites (tertiary alicyclic amines) is 1. The van der Waals surface area contributed by atoms with E-state index < -0.39 is 0 Å². The van der Waals surface area contributed by atoms with Crippen LogP contribution in [0.5, 0.6) is 0 Å². The molecule has 1 aromatic heterocycles. The van der Waals surface area contributed by atoms with Gasteiger partial charge in [-0.3, -0.25) is 4.79 Å². The Morgan fingerprint density at radius 3 is 2.76 bits per heavy atom. The summed E-state index contributed by atoms with van der Waals surface area (Å²) in [6.07, 6.45) is 3.92. The van der Waals surface area contributed by atoms with Crippen molar-refractivity contribution in [2.75, 3.05) is 13.1 Å². The van der Waals surface area contributed by atoms with Crippen LogP contribution >= 0.6 is 11.6 Å². The summed E-state index contributed by atoms with van der Waals surface area (Å²) in [6.45, 7) is 6.02. The van der Waals surface area contributed by atoms with Gasteiger partial charge in [0.25, 0.3) is 5.91 Å². The Labute approximate surface area is 106 Å². The van der Waals surface area contributed by atoms with Crippen LogP contribution in [-0.2, 0) is 0 Å². The van der Waals surface area contributed by atoms with Crippen molar-refractivity contribution in [1.29, 1.82) is 0 Å². The largest absolute Gasteiger partial charge is 0.337 e. The van der Waals surface area contributed by atoms with E-state index in [-0.39, 0.29) is 5.91 Å². The van der Waals surface area contributed by atoms with Crippen molar-refractivity contribution in [3.63, 3.8) is 0 Å². The molecule has 2 heterocycles. The number of nitrogens with zero attached hydrogens (tertiary/aromatic N) is 3. The maximum absolute atomic E-state index is 12.1. The zero-order chi connectivity index (χ0) is 12.4. The minimum Gasteiger partial charge on any atom is -0.337 e. The van der Waals surface area contributed by atoms with Crippen LogP contribution in [0, 0.1) is 11.8 Å². The first-order chi connectivity index (χ1) is 8.08. The number of carbonyl (C=O) groups is 1. The van der Waals surface area contributed by atoms with Gasteiger partial charge in [0, 0.05) is 13.1 Å². The van der Waals surface area contributed by atoms with Crippen molar-refractivity contribution in [3.8, 4) is 0 Å². The minimum atomic E-state index is -0.0442. The summed E-state index contributed by atoms with van der Waals surface area (Å²) in [5.41, 5.74) is 0.374. The van der Waals surface area contributed by atoms with Crippen molar-refractivity contribution < 1.29 is 4.79 Å². The Bertz CT molecular complexity index is 405. The fourth-order valence-corrected chi connectivity index (χ4v) is 2.20. The zero-order valence-corrected chi connectivity index (χ0v) is 10.8. The number of halogens is 1. The average molecular weight is 254 g/mol. The molecular formula is C12H16ClN3O. The minimum absolute atomic E-state index is 0.0442. The lowest BCUT2D eigenvalue weighted by Gasteiger charge is -2.17. The van der Waals surface area contributed by atoms with E-state index in [1.807, 2.05) is 4.90 Å². The van der Waals surface area contributed by atoms with Crippen LogP contribution in [0.4, 0.5) is 0 Å². The van der Waals surface area contributed by atoms with E-state index in [9.17, 15) is 4.79 Å². The summed E-state index contributed by atoms with van der Waals surface area (Å²) in [4.78, 5) is 21.8. The highest BCUT2D eigenvalue weighted by Gasteiger charge is 2.29. The molecule has 92 valence electrons. The Kier molecular flexibility index (Phi) is 3.62. The molecule has 1 amide bonds. The maximum Gasteiger partial charge on any atom is 0.274 e. The summed E-state index contributed by atoms with van der Waals surface area (Å²) in [5, 5.41) is 0.308. The number of amides is 1. The molecule has 0 bridgehead atoms. The number of hydrogen-bond donors (Lipinski definition) is 0. The molecule has 0 N–H and O–H groups in total. The van der Waals surface area contributed by atoms with E-state index in [0.29, 0.717) is 22.7 Å². The van der Waals surface area contributed by atoms with Gasteiger partial charge in [-0.1, -0.05) is 25.4 Å². The van der Waals surface area contributed by atoms with E-state index in [4.69, 9.17) is 11.6 Å². The Morgan fingerprint density at radius 1 is 1.47 bits per heavy atom. The Hall–Kier alpha value is -1.16. The zero-order valence-electron chi connectivity index (χ0n) is 10.1. The van der Waals surface area contributed by atoms with E-state index >= 15 is 0 Å². The highest BCUT2D eigenvalue weighted by atomic mass is 35.5. The van der Waals surface area contributed by atoms with Crippen molar-refractivity contribution in [2.45, 2.75) is 20.3 Å². The van der Waals surface area contributed by atoms with Gasteiger partial charge in [0.1, 0.15) is 10.8 Å². The average Bonchev–Trinajstić information content (AvgIpc) is 2.78. The van der Waals surface area contributed by atoms with E-state index in [1.54, 1.807) is 0 Å². The van der Waals surface area contributed by atoms with Crippen molar-refractivity contribution in [1.82, 2.24) is 14.9 Å². The molecule has 1 unspecified atom stereocenters. The number of hydrogen-bond acceptors (Lipinski definition) is 3. The third kappa shape index (κ3) is 2.75. The standard InChI is InChI=1S/C12H16ClN3O/c1-8(2)9-3-4-16(7-9)12(17)10-5-15-11(13)6-14-10/h5-6,8-9H,3-4,7H2,1-2H3. The van der Waals surface area contributed by atoms with Crippen LogP contribution in [0.15, 0.2) is 12.4 Å². The van der Waals surface area contributed by atoms with E-state index in [1.165, 1.54) is 12.4 Å². The maximum atomic E-state index is 12.1. The van der Waals surface area contributed by atoms with Gasteiger partial charge >= 0.3 is 0 Å². The first-order valence-electron chi connectivity index (χ1n) is 5.84. The van der Waals surface area contributed by atoms with Crippen LogP contribution in [0.1, 0.15) is 30.8 Å². The number of rotatable bonds is 2. The second kappa shape index (κ2) is 5.00. The summed E-state index contributed by atoms with van der Waals surface area (Å²) in [5.74, 6) is 1.17. The van der Waals surface area contributed by atoms with Gasteiger partial charge in [-0.05, 0) is 18.3 Å².